The first-order valence-electron chi connectivity index (χ1n) is 8.05. The molecular weight excluding hydrogens is 320 g/mol. The van der Waals surface area contributed by atoms with Crippen molar-refractivity contribution in [2.45, 2.75) is 32.0 Å². The van der Waals surface area contributed by atoms with Gasteiger partial charge in [0.2, 0.25) is 0 Å². The first-order valence-corrected chi connectivity index (χ1v) is 8.46. The quantitative estimate of drug-likeness (QED) is 0.838. The second-order valence-corrected chi connectivity index (χ2v) is 6.92. The van der Waals surface area contributed by atoms with Crippen LogP contribution >= 0.6 is 12.2 Å². The van der Waals surface area contributed by atoms with Crippen molar-refractivity contribution < 1.29 is 9.47 Å². The number of rotatable bonds is 2. The highest BCUT2D eigenvalue weighted by molar-refractivity contribution is 7.80. The molecule has 0 radical (unpaired) electrons. The lowest BCUT2D eigenvalue weighted by atomic mass is 9.90. The van der Waals surface area contributed by atoms with Gasteiger partial charge in [-0.25, -0.2) is 0 Å². The van der Waals surface area contributed by atoms with E-state index in [1.165, 1.54) is 5.56 Å². The largest absolute Gasteiger partial charge is 0.493 e. The van der Waals surface area contributed by atoms with Crippen LogP contribution in [0.4, 0.5) is 5.69 Å². The molecule has 4 nitrogen and oxygen atoms in total. The van der Waals surface area contributed by atoms with Crippen LogP contribution in [0.5, 0.6) is 11.5 Å². The highest BCUT2D eigenvalue weighted by Gasteiger charge is 2.49. The number of ether oxygens (including phenoxy) is 2. The molecule has 2 aliphatic heterocycles. The molecule has 1 saturated heterocycles. The maximum Gasteiger partial charge on any atom is 0.188 e. The minimum Gasteiger partial charge on any atom is -0.493 e. The van der Waals surface area contributed by atoms with E-state index in [0.717, 1.165) is 29.2 Å². The highest BCUT2D eigenvalue weighted by atomic mass is 32.1. The lowest BCUT2D eigenvalue weighted by Gasteiger charge is -2.52. The lowest BCUT2D eigenvalue weighted by molar-refractivity contribution is 0.0464. The van der Waals surface area contributed by atoms with Crippen LogP contribution in [-0.4, -0.2) is 17.9 Å². The zero-order valence-corrected chi connectivity index (χ0v) is 14.8. The number of para-hydroxylation sites is 1. The summed E-state index contributed by atoms with van der Waals surface area (Å²) in [6.07, 6.45) is 0.807. The summed E-state index contributed by atoms with van der Waals surface area (Å²) in [5.74, 6) is 1.55. The Morgan fingerprint density at radius 2 is 2.00 bits per heavy atom. The zero-order valence-electron chi connectivity index (χ0n) is 14.0. The van der Waals surface area contributed by atoms with Crippen molar-refractivity contribution in [1.82, 2.24) is 5.32 Å². The molecule has 0 saturated carbocycles. The third-order valence-electron chi connectivity index (χ3n) is 4.78. The number of nitrogens with one attached hydrogen (secondary N) is 1. The number of aryl methyl sites for hydroxylation is 1. The van der Waals surface area contributed by atoms with E-state index in [-0.39, 0.29) is 6.04 Å². The molecule has 2 aliphatic rings. The molecular formula is C19H20N2O2S. The van der Waals surface area contributed by atoms with Crippen LogP contribution in [0.15, 0.2) is 42.5 Å². The van der Waals surface area contributed by atoms with E-state index in [0.29, 0.717) is 5.11 Å². The lowest BCUT2D eigenvalue weighted by Crippen LogP contribution is -2.65. The Hall–Kier alpha value is -2.27. The van der Waals surface area contributed by atoms with Crippen LogP contribution in [0.1, 0.15) is 30.5 Å². The summed E-state index contributed by atoms with van der Waals surface area (Å²) >= 11 is 5.66. The number of fused-ring (bicyclic) bond motifs is 4. The Morgan fingerprint density at radius 1 is 1.25 bits per heavy atom. The minimum absolute atomic E-state index is 0.128. The van der Waals surface area contributed by atoms with E-state index in [4.69, 9.17) is 21.7 Å². The Kier molecular flexibility index (Phi) is 3.42. The van der Waals surface area contributed by atoms with E-state index >= 15 is 0 Å². The number of benzene rings is 2. The Bertz CT molecular complexity index is 806. The standard InChI is InChI=1S/C19H20N2O2S/c1-12-7-9-13(10-8-12)21-18(24)20-15-11-19(21,2)23-17-14(15)5-4-6-16(17)22-3/h4-10,15H,11H2,1-3H3,(H,20,24)/t15-,19-/m1/s1. The van der Waals surface area contributed by atoms with Gasteiger partial charge in [0.05, 0.1) is 13.2 Å². The molecule has 0 amide bonds. The van der Waals surface area contributed by atoms with Crippen molar-refractivity contribution in [2.75, 3.05) is 12.0 Å². The minimum atomic E-state index is -0.552. The van der Waals surface area contributed by atoms with E-state index in [1.807, 2.05) is 12.1 Å². The van der Waals surface area contributed by atoms with Gasteiger partial charge in [-0.1, -0.05) is 29.8 Å². The molecule has 2 heterocycles. The molecule has 4 rings (SSSR count). The molecule has 2 aromatic carbocycles. The van der Waals surface area contributed by atoms with Crippen LogP contribution in [-0.2, 0) is 0 Å². The molecule has 5 heteroatoms. The van der Waals surface area contributed by atoms with Crippen LogP contribution in [0.25, 0.3) is 0 Å². The van der Waals surface area contributed by atoms with Crippen LogP contribution in [0.2, 0.25) is 0 Å². The first-order chi connectivity index (χ1) is 11.5. The van der Waals surface area contributed by atoms with Crippen molar-refractivity contribution >= 4 is 23.0 Å². The Morgan fingerprint density at radius 3 is 2.71 bits per heavy atom. The monoisotopic (exact) mass is 340 g/mol. The van der Waals surface area contributed by atoms with Gasteiger partial charge in [-0.15, -0.1) is 0 Å². The molecule has 0 aromatic heterocycles. The van der Waals surface area contributed by atoms with Gasteiger partial charge in [-0.3, -0.25) is 4.90 Å². The summed E-state index contributed by atoms with van der Waals surface area (Å²) in [7, 11) is 1.67. The molecule has 0 unspecified atom stereocenters. The van der Waals surface area contributed by atoms with Gasteiger partial charge < -0.3 is 14.8 Å². The van der Waals surface area contributed by atoms with E-state index in [9.17, 15) is 0 Å². The SMILES string of the molecule is COc1cccc2c1O[C@]1(C)C[C@H]2NC(=S)N1c1ccc(C)cc1. The normalized spacial score (nSPS) is 24.7. The number of hydrogen-bond acceptors (Lipinski definition) is 3. The van der Waals surface area contributed by atoms with Gasteiger partial charge in [0.15, 0.2) is 22.3 Å². The van der Waals surface area contributed by atoms with Gasteiger partial charge in [-0.2, -0.15) is 0 Å². The summed E-state index contributed by atoms with van der Waals surface area (Å²) in [5.41, 5.74) is 2.79. The number of methoxy groups -OCH3 is 1. The molecule has 1 fully saturated rings. The molecule has 0 aliphatic carbocycles. The number of thiocarbonyl (C=S) groups is 1. The number of hydrogen-bond donors (Lipinski definition) is 1. The van der Waals surface area contributed by atoms with Crippen molar-refractivity contribution in [3.63, 3.8) is 0 Å². The van der Waals surface area contributed by atoms with Crippen LogP contribution < -0.4 is 19.7 Å². The second kappa shape index (κ2) is 5.38. The molecule has 2 bridgehead atoms. The first kappa shape index (κ1) is 15.3. The predicted octanol–water partition coefficient (Wildman–Crippen LogP) is 3.94. The zero-order chi connectivity index (χ0) is 16.9. The average Bonchev–Trinajstić information content (AvgIpc) is 2.55. The smallest absolute Gasteiger partial charge is 0.188 e. The molecule has 1 N–H and O–H groups in total. The molecule has 124 valence electrons. The van der Waals surface area contributed by atoms with Crippen LogP contribution in [0, 0.1) is 6.92 Å². The van der Waals surface area contributed by atoms with Gasteiger partial charge in [0.1, 0.15) is 0 Å². The Labute approximate surface area is 147 Å². The highest BCUT2D eigenvalue weighted by Crippen LogP contribution is 2.48. The van der Waals surface area contributed by atoms with Crippen molar-refractivity contribution in [3.05, 3.63) is 53.6 Å². The molecule has 0 spiro atoms. The summed E-state index contributed by atoms with van der Waals surface area (Å²) in [6, 6.07) is 14.4. The van der Waals surface area contributed by atoms with Crippen LogP contribution in [0.3, 0.4) is 0 Å². The van der Waals surface area contributed by atoms with E-state index < -0.39 is 5.72 Å². The van der Waals surface area contributed by atoms with Crippen molar-refractivity contribution in [3.8, 4) is 11.5 Å². The third kappa shape index (κ3) is 2.23. The van der Waals surface area contributed by atoms with Gasteiger partial charge in [-0.05, 0) is 44.3 Å². The maximum absolute atomic E-state index is 6.45. The molecule has 2 atom stereocenters. The number of nitrogens with zero attached hydrogens (tertiary/aromatic N) is 1. The molecule has 24 heavy (non-hydrogen) atoms. The van der Waals surface area contributed by atoms with E-state index in [2.05, 4.69) is 54.4 Å². The van der Waals surface area contributed by atoms with Gasteiger partial charge in [0.25, 0.3) is 0 Å². The third-order valence-corrected chi connectivity index (χ3v) is 5.08. The second-order valence-electron chi connectivity index (χ2n) is 6.53. The summed E-state index contributed by atoms with van der Waals surface area (Å²) < 4.78 is 12.0. The summed E-state index contributed by atoms with van der Waals surface area (Å²) in [5, 5.41) is 4.15. The summed E-state index contributed by atoms with van der Waals surface area (Å²) in [6.45, 7) is 4.16. The van der Waals surface area contributed by atoms with Crippen molar-refractivity contribution in [1.29, 1.82) is 0 Å². The van der Waals surface area contributed by atoms with Gasteiger partial charge >= 0.3 is 0 Å². The molecule has 2 aromatic rings. The fourth-order valence-corrected chi connectivity index (χ4v) is 4.05. The maximum atomic E-state index is 6.45. The summed E-state index contributed by atoms with van der Waals surface area (Å²) in [4.78, 5) is 2.06. The fraction of sp³-hybridized carbons (Fsp3) is 0.316. The van der Waals surface area contributed by atoms with Crippen molar-refractivity contribution in [2.24, 2.45) is 0 Å². The Balaban J connectivity index is 1.81. The predicted molar refractivity (Wildman–Crippen MR) is 98.8 cm³/mol. The topological polar surface area (TPSA) is 33.7 Å². The fourth-order valence-electron chi connectivity index (χ4n) is 3.61. The average molecular weight is 340 g/mol. The van der Waals surface area contributed by atoms with E-state index in [1.54, 1.807) is 7.11 Å². The number of anilines is 1. The van der Waals surface area contributed by atoms with Gasteiger partial charge in [0, 0.05) is 17.7 Å².